The van der Waals surface area contributed by atoms with Crippen LogP contribution in [0.5, 0.6) is 0 Å². The molecule has 2 N–H and O–H groups in total. The Bertz CT molecular complexity index is 636. The fourth-order valence-electron chi connectivity index (χ4n) is 1.83. The summed E-state index contributed by atoms with van der Waals surface area (Å²) in [5.74, 6) is 0. The molecule has 0 radical (unpaired) electrons. The summed E-state index contributed by atoms with van der Waals surface area (Å²) in [5.41, 5.74) is 0.925. The number of hydrogen-bond donors (Lipinski definition) is 2. The molecule has 0 aliphatic heterocycles. The number of nitrogens with zero attached hydrogens (tertiary/aromatic N) is 2. The maximum atomic E-state index is 12.1. The monoisotopic (exact) mass is 308 g/mol. The molecule has 0 saturated heterocycles. The molecular formula is C14H20N4O2S. The van der Waals surface area contributed by atoms with Crippen LogP contribution in [0.15, 0.2) is 47.9 Å². The molecule has 2 aromatic rings. The van der Waals surface area contributed by atoms with Gasteiger partial charge in [0.25, 0.3) is 0 Å². The number of nitrogens with one attached hydrogen (secondary N) is 2. The van der Waals surface area contributed by atoms with Crippen molar-refractivity contribution in [1.29, 1.82) is 0 Å². The topological polar surface area (TPSA) is 76.0 Å². The average Bonchev–Trinajstić information content (AvgIpc) is 2.98. The van der Waals surface area contributed by atoms with Gasteiger partial charge in [0.2, 0.25) is 10.0 Å². The average molecular weight is 308 g/mol. The molecular weight excluding hydrogens is 288 g/mol. The van der Waals surface area contributed by atoms with Crippen LogP contribution < -0.4 is 10.0 Å². The number of imidazole rings is 1. The van der Waals surface area contributed by atoms with Crippen LogP contribution in [0.4, 0.5) is 5.69 Å². The lowest BCUT2D eigenvalue weighted by atomic mass is 10.3. The van der Waals surface area contributed by atoms with E-state index in [1.54, 1.807) is 43.0 Å². The van der Waals surface area contributed by atoms with Gasteiger partial charge in [-0.1, -0.05) is 6.92 Å². The minimum Gasteiger partial charge on any atom is -0.385 e. The quantitative estimate of drug-likeness (QED) is 0.778. The van der Waals surface area contributed by atoms with Gasteiger partial charge in [0, 0.05) is 37.7 Å². The van der Waals surface area contributed by atoms with E-state index in [2.05, 4.69) is 21.9 Å². The predicted molar refractivity (Wildman–Crippen MR) is 82.6 cm³/mol. The van der Waals surface area contributed by atoms with Crippen LogP contribution in [-0.2, 0) is 16.6 Å². The molecule has 2 rings (SSSR count). The summed E-state index contributed by atoms with van der Waals surface area (Å²) in [6, 6.07) is 6.77. The first-order valence-electron chi connectivity index (χ1n) is 6.91. The summed E-state index contributed by atoms with van der Waals surface area (Å²) in [5, 5.41) is 3.21. The number of hydrogen-bond acceptors (Lipinski definition) is 4. The molecule has 0 saturated carbocycles. The third-order valence-corrected chi connectivity index (χ3v) is 4.44. The van der Waals surface area contributed by atoms with Gasteiger partial charge < -0.3 is 9.88 Å². The zero-order valence-electron chi connectivity index (χ0n) is 12.0. The first kappa shape index (κ1) is 15.5. The first-order chi connectivity index (χ1) is 10.1. The second-order valence-corrected chi connectivity index (χ2v) is 6.42. The van der Waals surface area contributed by atoms with E-state index in [-0.39, 0.29) is 4.90 Å². The molecule has 1 heterocycles. The van der Waals surface area contributed by atoms with Crippen LogP contribution >= 0.6 is 0 Å². The van der Waals surface area contributed by atoms with Crippen molar-refractivity contribution in [2.75, 3.05) is 18.4 Å². The molecule has 7 heteroatoms. The Balaban J connectivity index is 1.92. The van der Waals surface area contributed by atoms with Gasteiger partial charge >= 0.3 is 0 Å². The Hall–Kier alpha value is -1.86. The highest BCUT2D eigenvalue weighted by Crippen LogP contribution is 2.13. The number of sulfonamides is 1. The van der Waals surface area contributed by atoms with Crippen molar-refractivity contribution in [2.45, 2.75) is 24.8 Å². The van der Waals surface area contributed by atoms with Crippen LogP contribution in [0.3, 0.4) is 0 Å². The SMILES string of the molecule is CCCNc1ccc(S(=O)(=O)NCCn2ccnc2)cc1. The molecule has 1 aromatic heterocycles. The highest BCUT2D eigenvalue weighted by molar-refractivity contribution is 7.89. The molecule has 114 valence electrons. The van der Waals surface area contributed by atoms with E-state index in [1.165, 1.54) is 0 Å². The fourth-order valence-corrected chi connectivity index (χ4v) is 2.85. The van der Waals surface area contributed by atoms with Gasteiger partial charge in [-0.15, -0.1) is 0 Å². The molecule has 0 unspecified atom stereocenters. The third kappa shape index (κ3) is 4.57. The summed E-state index contributed by atoms with van der Waals surface area (Å²) >= 11 is 0. The normalized spacial score (nSPS) is 11.5. The minimum atomic E-state index is -3.46. The highest BCUT2D eigenvalue weighted by atomic mass is 32.2. The van der Waals surface area contributed by atoms with Crippen LogP contribution in [0.2, 0.25) is 0 Å². The van der Waals surface area contributed by atoms with Crippen LogP contribution in [0, 0.1) is 0 Å². The Morgan fingerprint density at radius 2 is 1.95 bits per heavy atom. The Kier molecular flexibility index (Phi) is 5.35. The van der Waals surface area contributed by atoms with E-state index in [4.69, 9.17) is 0 Å². The summed E-state index contributed by atoms with van der Waals surface area (Å²) in [6.07, 6.45) is 6.14. The smallest absolute Gasteiger partial charge is 0.240 e. The number of aromatic nitrogens is 2. The van der Waals surface area contributed by atoms with Gasteiger partial charge in [-0.25, -0.2) is 18.1 Å². The van der Waals surface area contributed by atoms with Crippen molar-refractivity contribution in [2.24, 2.45) is 0 Å². The lowest BCUT2D eigenvalue weighted by molar-refractivity contribution is 0.573. The van der Waals surface area contributed by atoms with Crippen molar-refractivity contribution in [3.8, 4) is 0 Å². The van der Waals surface area contributed by atoms with E-state index in [0.29, 0.717) is 13.1 Å². The van der Waals surface area contributed by atoms with E-state index in [9.17, 15) is 8.42 Å². The van der Waals surface area contributed by atoms with Crippen molar-refractivity contribution in [1.82, 2.24) is 14.3 Å². The molecule has 0 fully saturated rings. The molecule has 0 aliphatic carbocycles. The van der Waals surface area contributed by atoms with Gasteiger partial charge in [-0.2, -0.15) is 0 Å². The minimum absolute atomic E-state index is 0.273. The summed E-state index contributed by atoms with van der Waals surface area (Å²) in [7, 11) is -3.46. The zero-order valence-corrected chi connectivity index (χ0v) is 12.8. The summed E-state index contributed by atoms with van der Waals surface area (Å²) in [6.45, 7) is 3.83. The predicted octanol–water partition coefficient (Wildman–Crippen LogP) is 1.68. The van der Waals surface area contributed by atoms with Crippen molar-refractivity contribution < 1.29 is 8.42 Å². The van der Waals surface area contributed by atoms with Crippen LogP contribution in [-0.4, -0.2) is 31.1 Å². The summed E-state index contributed by atoms with van der Waals surface area (Å²) in [4.78, 5) is 4.18. The second kappa shape index (κ2) is 7.24. The third-order valence-electron chi connectivity index (χ3n) is 2.97. The van der Waals surface area contributed by atoms with Gasteiger partial charge in [0.15, 0.2) is 0 Å². The van der Waals surface area contributed by atoms with E-state index >= 15 is 0 Å². The standard InChI is InChI=1S/C14H20N4O2S/c1-2-7-16-13-3-5-14(6-4-13)21(19,20)17-9-11-18-10-8-15-12-18/h3-6,8,10,12,16-17H,2,7,9,11H2,1H3. The molecule has 0 spiro atoms. The molecule has 21 heavy (non-hydrogen) atoms. The van der Waals surface area contributed by atoms with Gasteiger partial charge in [0.1, 0.15) is 0 Å². The van der Waals surface area contributed by atoms with Gasteiger partial charge in [-0.05, 0) is 30.7 Å². The molecule has 0 bridgehead atoms. The Morgan fingerprint density at radius 1 is 1.19 bits per heavy atom. The first-order valence-corrected chi connectivity index (χ1v) is 8.39. The molecule has 1 aromatic carbocycles. The number of benzene rings is 1. The lowest BCUT2D eigenvalue weighted by Crippen LogP contribution is -2.27. The van der Waals surface area contributed by atoms with Crippen molar-refractivity contribution in [3.63, 3.8) is 0 Å². The van der Waals surface area contributed by atoms with Crippen molar-refractivity contribution in [3.05, 3.63) is 43.0 Å². The fraction of sp³-hybridized carbons (Fsp3) is 0.357. The van der Waals surface area contributed by atoms with Crippen molar-refractivity contribution >= 4 is 15.7 Å². The van der Waals surface area contributed by atoms with Gasteiger partial charge in [-0.3, -0.25) is 0 Å². The van der Waals surface area contributed by atoms with E-state index in [0.717, 1.165) is 18.7 Å². The van der Waals surface area contributed by atoms with Crippen LogP contribution in [0.1, 0.15) is 13.3 Å². The summed E-state index contributed by atoms with van der Waals surface area (Å²) < 4.78 is 28.7. The molecule has 6 nitrogen and oxygen atoms in total. The van der Waals surface area contributed by atoms with Gasteiger partial charge in [0.05, 0.1) is 11.2 Å². The Labute approximate surface area is 125 Å². The largest absolute Gasteiger partial charge is 0.385 e. The maximum Gasteiger partial charge on any atom is 0.240 e. The maximum absolute atomic E-state index is 12.1. The molecule has 0 amide bonds. The zero-order chi connectivity index (χ0) is 15.1. The second-order valence-electron chi connectivity index (χ2n) is 4.65. The molecule has 0 aliphatic rings. The van der Waals surface area contributed by atoms with E-state index in [1.807, 2.05) is 4.57 Å². The lowest BCUT2D eigenvalue weighted by Gasteiger charge is -2.09. The number of rotatable bonds is 8. The van der Waals surface area contributed by atoms with Crippen LogP contribution in [0.25, 0.3) is 0 Å². The number of anilines is 1. The molecule has 0 atom stereocenters. The highest BCUT2D eigenvalue weighted by Gasteiger charge is 2.12. The van der Waals surface area contributed by atoms with E-state index < -0.39 is 10.0 Å². The Morgan fingerprint density at radius 3 is 2.57 bits per heavy atom.